The van der Waals surface area contributed by atoms with Gasteiger partial charge in [-0.15, -0.1) is 23.2 Å². The molecule has 1 radical (unpaired) electrons. The smallest absolute Gasteiger partial charge is 0.105 e. The van der Waals surface area contributed by atoms with Crippen molar-refractivity contribution in [2.45, 2.75) is 18.2 Å². The van der Waals surface area contributed by atoms with E-state index in [0.717, 1.165) is 6.42 Å². The zero-order valence-electron chi connectivity index (χ0n) is 4.32. The summed E-state index contributed by atoms with van der Waals surface area (Å²) in [4.78, 5) is -0.243. The van der Waals surface area contributed by atoms with E-state index < -0.39 is 0 Å². The lowest BCUT2D eigenvalue weighted by Crippen LogP contribution is -1.93. The van der Waals surface area contributed by atoms with Crippen LogP contribution in [0.5, 0.6) is 0 Å². The van der Waals surface area contributed by atoms with Crippen LogP contribution >= 0.6 is 23.2 Å². The molecule has 0 aromatic rings. The van der Waals surface area contributed by atoms with Crippen LogP contribution < -0.4 is 0 Å². The van der Waals surface area contributed by atoms with Crippen LogP contribution in [0, 0.1) is 12.8 Å². The zero-order valence-corrected chi connectivity index (χ0v) is 5.84. The Labute approximate surface area is 54.8 Å². The second kappa shape index (κ2) is 3.57. The molecule has 0 aromatic heterocycles. The average Bonchev–Trinajstić information content (AvgIpc) is 1.27. The third-order valence-electron chi connectivity index (χ3n) is 0.581. The standard InChI is InChI=1S/C5H9Cl2/c1-4(2)3-5(6)7/h4-5H,1,3H2,2H3. The fraction of sp³-hybridized carbons (Fsp3) is 0.800. The molecular formula is C5H9Cl2. The van der Waals surface area contributed by atoms with E-state index in [1.165, 1.54) is 0 Å². The normalized spacial score (nSPS) is 11.1. The molecule has 0 amide bonds. The SMILES string of the molecule is [CH2]C(C)CC(Cl)Cl. The maximum absolute atomic E-state index is 5.40. The maximum Gasteiger partial charge on any atom is 0.108 e. The molecule has 0 fully saturated rings. The Bertz CT molecular complexity index is 35.3. The number of rotatable bonds is 2. The highest BCUT2D eigenvalue weighted by molar-refractivity contribution is 6.44. The summed E-state index contributed by atoms with van der Waals surface area (Å²) in [5.41, 5.74) is 0. The molecular weight excluding hydrogens is 131 g/mol. The van der Waals surface area contributed by atoms with Crippen molar-refractivity contribution in [3.05, 3.63) is 6.92 Å². The molecule has 0 aromatic carbocycles. The van der Waals surface area contributed by atoms with Crippen molar-refractivity contribution in [1.29, 1.82) is 0 Å². The van der Waals surface area contributed by atoms with E-state index in [0.29, 0.717) is 5.92 Å². The molecule has 7 heavy (non-hydrogen) atoms. The summed E-state index contributed by atoms with van der Waals surface area (Å²) in [5, 5.41) is 0. The van der Waals surface area contributed by atoms with Gasteiger partial charge in [0.15, 0.2) is 0 Å². The molecule has 0 heterocycles. The Morgan fingerprint density at radius 2 is 2.00 bits per heavy atom. The topological polar surface area (TPSA) is 0 Å². The summed E-state index contributed by atoms with van der Waals surface area (Å²) in [5.74, 6) is 0.361. The molecule has 0 aliphatic carbocycles. The van der Waals surface area contributed by atoms with Gasteiger partial charge < -0.3 is 0 Å². The fourth-order valence-corrected chi connectivity index (χ4v) is 0.912. The fourth-order valence-electron chi connectivity index (χ4n) is 0.304. The Kier molecular flexibility index (Phi) is 3.86. The number of alkyl halides is 2. The van der Waals surface area contributed by atoms with Crippen LogP contribution in [0.1, 0.15) is 13.3 Å². The van der Waals surface area contributed by atoms with E-state index in [1.807, 2.05) is 6.92 Å². The van der Waals surface area contributed by atoms with Gasteiger partial charge in [0.25, 0.3) is 0 Å². The highest BCUT2D eigenvalue weighted by Crippen LogP contribution is 2.12. The van der Waals surface area contributed by atoms with E-state index in [-0.39, 0.29) is 4.84 Å². The van der Waals surface area contributed by atoms with Gasteiger partial charge >= 0.3 is 0 Å². The van der Waals surface area contributed by atoms with Gasteiger partial charge in [-0.25, -0.2) is 0 Å². The first kappa shape index (κ1) is 7.58. The molecule has 0 bridgehead atoms. The van der Waals surface area contributed by atoms with Gasteiger partial charge in [0.05, 0.1) is 0 Å². The van der Waals surface area contributed by atoms with Crippen molar-refractivity contribution in [3.63, 3.8) is 0 Å². The van der Waals surface area contributed by atoms with Crippen molar-refractivity contribution >= 4 is 23.2 Å². The van der Waals surface area contributed by atoms with E-state index in [4.69, 9.17) is 23.2 Å². The van der Waals surface area contributed by atoms with Gasteiger partial charge in [0.2, 0.25) is 0 Å². The van der Waals surface area contributed by atoms with E-state index >= 15 is 0 Å². The lowest BCUT2D eigenvalue weighted by Gasteiger charge is -2.01. The molecule has 1 atom stereocenters. The molecule has 0 N–H and O–H groups in total. The summed E-state index contributed by atoms with van der Waals surface area (Å²) in [7, 11) is 0. The van der Waals surface area contributed by atoms with E-state index in [9.17, 15) is 0 Å². The Balaban J connectivity index is 2.95. The summed E-state index contributed by atoms with van der Waals surface area (Å²) >= 11 is 10.8. The lowest BCUT2D eigenvalue weighted by atomic mass is 10.2. The van der Waals surface area contributed by atoms with Crippen LogP contribution in [0.15, 0.2) is 0 Å². The van der Waals surface area contributed by atoms with Crippen LogP contribution in [0.2, 0.25) is 0 Å². The van der Waals surface area contributed by atoms with Crippen molar-refractivity contribution < 1.29 is 0 Å². The monoisotopic (exact) mass is 139 g/mol. The Morgan fingerprint density at radius 1 is 1.57 bits per heavy atom. The quantitative estimate of drug-likeness (QED) is 0.517. The minimum absolute atomic E-state index is 0.243. The third-order valence-corrected chi connectivity index (χ3v) is 0.937. The minimum atomic E-state index is -0.243. The zero-order chi connectivity index (χ0) is 5.86. The minimum Gasteiger partial charge on any atom is -0.105 e. The Hall–Kier alpha value is 0.580. The molecule has 0 rings (SSSR count). The van der Waals surface area contributed by atoms with Crippen molar-refractivity contribution in [3.8, 4) is 0 Å². The molecule has 0 aliphatic rings. The van der Waals surface area contributed by atoms with Crippen molar-refractivity contribution in [1.82, 2.24) is 0 Å². The second-order valence-electron chi connectivity index (χ2n) is 1.73. The summed E-state index contributed by atoms with van der Waals surface area (Å²) < 4.78 is 0. The first-order valence-electron chi connectivity index (χ1n) is 2.24. The van der Waals surface area contributed by atoms with Crippen LogP contribution in [0.4, 0.5) is 0 Å². The van der Waals surface area contributed by atoms with Gasteiger partial charge in [0, 0.05) is 0 Å². The molecule has 43 valence electrons. The summed E-state index contributed by atoms with van der Waals surface area (Å²) in [6.45, 7) is 5.69. The highest BCUT2D eigenvalue weighted by Gasteiger charge is 2.00. The lowest BCUT2D eigenvalue weighted by molar-refractivity contribution is 0.679. The molecule has 0 spiro atoms. The molecule has 0 aliphatic heterocycles. The third kappa shape index (κ3) is 6.58. The van der Waals surface area contributed by atoms with Crippen LogP contribution in [-0.4, -0.2) is 4.84 Å². The Morgan fingerprint density at radius 3 is 2.00 bits per heavy atom. The summed E-state index contributed by atoms with van der Waals surface area (Å²) in [6, 6.07) is 0. The molecule has 1 unspecified atom stereocenters. The van der Waals surface area contributed by atoms with Gasteiger partial charge in [0.1, 0.15) is 4.84 Å². The van der Waals surface area contributed by atoms with Crippen molar-refractivity contribution in [2.75, 3.05) is 0 Å². The largest absolute Gasteiger partial charge is 0.108 e. The summed E-state index contributed by atoms with van der Waals surface area (Å²) in [6.07, 6.45) is 0.781. The average molecular weight is 140 g/mol. The van der Waals surface area contributed by atoms with Crippen LogP contribution in [0.3, 0.4) is 0 Å². The first-order chi connectivity index (χ1) is 3.13. The molecule has 0 saturated carbocycles. The predicted octanol–water partition coefficient (Wildman–Crippen LogP) is 2.65. The van der Waals surface area contributed by atoms with Gasteiger partial charge in [-0.05, 0) is 12.3 Å². The second-order valence-corrected chi connectivity index (χ2v) is 3.01. The van der Waals surface area contributed by atoms with Crippen molar-refractivity contribution in [2.24, 2.45) is 5.92 Å². The number of hydrogen-bond donors (Lipinski definition) is 0. The number of halogens is 2. The van der Waals surface area contributed by atoms with Gasteiger partial charge in [-0.2, -0.15) is 0 Å². The van der Waals surface area contributed by atoms with E-state index in [1.54, 1.807) is 0 Å². The number of hydrogen-bond acceptors (Lipinski definition) is 0. The van der Waals surface area contributed by atoms with Crippen LogP contribution in [-0.2, 0) is 0 Å². The molecule has 0 nitrogen and oxygen atoms in total. The molecule has 2 heteroatoms. The predicted molar refractivity (Wildman–Crippen MR) is 34.6 cm³/mol. The first-order valence-corrected chi connectivity index (χ1v) is 3.11. The van der Waals surface area contributed by atoms with Gasteiger partial charge in [-0.1, -0.05) is 13.8 Å². The van der Waals surface area contributed by atoms with E-state index in [2.05, 4.69) is 6.92 Å². The molecule has 0 saturated heterocycles. The maximum atomic E-state index is 5.40. The van der Waals surface area contributed by atoms with Gasteiger partial charge in [-0.3, -0.25) is 0 Å². The van der Waals surface area contributed by atoms with Crippen LogP contribution in [0.25, 0.3) is 0 Å². The highest BCUT2D eigenvalue weighted by atomic mass is 35.5.